The third kappa shape index (κ3) is 3.67. The van der Waals surface area contributed by atoms with E-state index < -0.39 is 5.41 Å². The first-order valence-electron chi connectivity index (χ1n) is 9.82. The van der Waals surface area contributed by atoms with E-state index in [1.807, 2.05) is 57.2 Å². The fourth-order valence-electron chi connectivity index (χ4n) is 3.63. The van der Waals surface area contributed by atoms with Crippen molar-refractivity contribution in [2.75, 3.05) is 7.11 Å². The van der Waals surface area contributed by atoms with Crippen LogP contribution in [-0.4, -0.2) is 17.1 Å². The van der Waals surface area contributed by atoms with Gasteiger partial charge in [-0.25, -0.2) is 9.97 Å². The number of thiazole rings is 1. The van der Waals surface area contributed by atoms with E-state index in [0.717, 1.165) is 43.2 Å². The molecule has 1 atom stereocenters. The molecule has 2 aromatic carbocycles. The van der Waals surface area contributed by atoms with Gasteiger partial charge in [-0.05, 0) is 38.5 Å². The molecule has 0 spiro atoms. The molecule has 0 saturated carbocycles. The Kier molecular flexibility index (Phi) is 5.27. The number of ether oxygens (including phenoxy) is 1. The number of hydrogen-bond acceptors (Lipinski definition) is 5. The van der Waals surface area contributed by atoms with Crippen LogP contribution in [0.4, 0.5) is 0 Å². The van der Waals surface area contributed by atoms with Crippen molar-refractivity contribution in [3.8, 4) is 22.5 Å². The van der Waals surface area contributed by atoms with Crippen molar-refractivity contribution in [3.05, 3.63) is 76.3 Å². The standard InChI is InChI=1S/C25H23N3OS/c1-16-12-19-10-11-20(13-21(19)28-23(16)29-4)25(3,15-26)14-22-17(2)27-24(30-22)18-8-6-5-7-9-18/h5-13H,14H2,1-4H3. The Bertz CT molecular complexity index is 1260. The molecule has 4 nitrogen and oxygen atoms in total. The minimum absolute atomic E-state index is 0.605. The van der Waals surface area contributed by atoms with Gasteiger partial charge >= 0.3 is 0 Å². The molecule has 0 amide bonds. The van der Waals surface area contributed by atoms with E-state index in [4.69, 9.17) is 9.72 Å². The van der Waals surface area contributed by atoms with E-state index in [0.29, 0.717) is 12.3 Å². The number of aromatic nitrogens is 2. The van der Waals surface area contributed by atoms with E-state index in [-0.39, 0.29) is 0 Å². The van der Waals surface area contributed by atoms with Gasteiger partial charge in [0, 0.05) is 27.8 Å². The molecule has 4 rings (SSSR count). The van der Waals surface area contributed by atoms with Crippen LogP contribution in [0.1, 0.15) is 28.6 Å². The van der Waals surface area contributed by atoms with Crippen LogP contribution in [0.15, 0.2) is 54.6 Å². The average Bonchev–Trinajstić information content (AvgIpc) is 3.13. The van der Waals surface area contributed by atoms with Gasteiger partial charge in [0.25, 0.3) is 0 Å². The van der Waals surface area contributed by atoms with Crippen molar-refractivity contribution in [3.63, 3.8) is 0 Å². The number of aryl methyl sites for hydroxylation is 2. The van der Waals surface area contributed by atoms with Gasteiger partial charge in [-0.15, -0.1) is 11.3 Å². The van der Waals surface area contributed by atoms with Gasteiger partial charge in [0.15, 0.2) is 0 Å². The Morgan fingerprint density at radius 3 is 2.53 bits per heavy atom. The first-order valence-corrected chi connectivity index (χ1v) is 10.6. The Labute approximate surface area is 180 Å². The molecule has 0 fully saturated rings. The largest absolute Gasteiger partial charge is 0.481 e. The molecular weight excluding hydrogens is 390 g/mol. The molecule has 0 saturated heterocycles. The summed E-state index contributed by atoms with van der Waals surface area (Å²) in [6, 6.07) is 20.9. The minimum Gasteiger partial charge on any atom is -0.481 e. The third-order valence-electron chi connectivity index (χ3n) is 5.47. The van der Waals surface area contributed by atoms with Gasteiger partial charge in [-0.2, -0.15) is 5.26 Å². The van der Waals surface area contributed by atoms with Gasteiger partial charge in [0.05, 0.1) is 29.8 Å². The summed E-state index contributed by atoms with van der Waals surface area (Å²) in [5, 5.41) is 12.1. The van der Waals surface area contributed by atoms with Crippen LogP contribution in [-0.2, 0) is 11.8 Å². The van der Waals surface area contributed by atoms with Gasteiger partial charge in [-0.3, -0.25) is 0 Å². The van der Waals surface area contributed by atoms with Crippen molar-refractivity contribution in [1.82, 2.24) is 9.97 Å². The predicted molar refractivity (Wildman–Crippen MR) is 122 cm³/mol. The highest BCUT2D eigenvalue weighted by atomic mass is 32.1. The highest BCUT2D eigenvalue weighted by Gasteiger charge is 2.29. The van der Waals surface area contributed by atoms with Gasteiger partial charge in [0.1, 0.15) is 5.01 Å². The lowest BCUT2D eigenvalue weighted by molar-refractivity contribution is 0.396. The summed E-state index contributed by atoms with van der Waals surface area (Å²) in [6.07, 6.45) is 0.605. The van der Waals surface area contributed by atoms with E-state index in [2.05, 4.69) is 29.3 Å². The number of nitrogens with zero attached hydrogens (tertiary/aromatic N) is 3. The van der Waals surface area contributed by atoms with Gasteiger partial charge in [0.2, 0.25) is 5.88 Å². The van der Waals surface area contributed by atoms with Crippen molar-refractivity contribution in [1.29, 1.82) is 5.26 Å². The molecule has 30 heavy (non-hydrogen) atoms. The molecular formula is C25H23N3OS. The summed E-state index contributed by atoms with van der Waals surface area (Å²) in [5.41, 5.74) is 4.19. The average molecular weight is 414 g/mol. The fourth-order valence-corrected chi connectivity index (χ4v) is 4.85. The summed E-state index contributed by atoms with van der Waals surface area (Å²) in [7, 11) is 1.63. The second-order valence-corrected chi connectivity index (χ2v) is 8.82. The second kappa shape index (κ2) is 7.89. The Morgan fingerprint density at radius 1 is 1.07 bits per heavy atom. The molecule has 0 radical (unpaired) electrons. The highest BCUT2D eigenvalue weighted by molar-refractivity contribution is 7.15. The first kappa shape index (κ1) is 20.1. The zero-order chi connectivity index (χ0) is 21.3. The minimum atomic E-state index is -0.681. The summed E-state index contributed by atoms with van der Waals surface area (Å²) < 4.78 is 5.38. The number of pyridine rings is 1. The molecule has 5 heteroatoms. The van der Waals surface area contributed by atoms with Crippen LogP contribution in [0.3, 0.4) is 0 Å². The lowest BCUT2D eigenvalue weighted by Gasteiger charge is -2.22. The lowest BCUT2D eigenvalue weighted by Crippen LogP contribution is -2.22. The molecule has 0 aliphatic carbocycles. The summed E-state index contributed by atoms with van der Waals surface area (Å²) >= 11 is 1.66. The maximum atomic E-state index is 10.1. The molecule has 0 N–H and O–H groups in total. The molecule has 4 aromatic rings. The lowest BCUT2D eigenvalue weighted by atomic mass is 9.80. The van der Waals surface area contributed by atoms with E-state index >= 15 is 0 Å². The topological polar surface area (TPSA) is 58.8 Å². The smallest absolute Gasteiger partial charge is 0.216 e. The van der Waals surface area contributed by atoms with Crippen LogP contribution < -0.4 is 4.74 Å². The van der Waals surface area contributed by atoms with Gasteiger partial charge < -0.3 is 4.74 Å². The number of rotatable bonds is 5. The number of benzene rings is 2. The Balaban J connectivity index is 1.72. The number of hydrogen-bond donors (Lipinski definition) is 0. The summed E-state index contributed by atoms with van der Waals surface area (Å²) in [4.78, 5) is 10.5. The van der Waals surface area contributed by atoms with Crippen molar-refractivity contribution in [2.45, 2.75) is 32.6 Å². The van der Waals surface area contributed by atoms with Crippen molar-refractivity contribution >= 4 is 22.2 Å². The number of fused-ring (bicyclic) bond motifs is 1. The van der Waals surface area contributed by atoms with E-state index in [9.17, 15) is 5.26 Å². The Morgan fingerprint density at radius 2 is 1.83 bits per heavy atom. The first-order chi connectivity index (χ1) is 14.4. The number of nitriles is 1. The van der Waals surface area contributed by atoms with Crippen LogP contribution in [0, 0.1) is 25.2 Å². The number of methoxy groups -OCH3 is 1. The second-order valence-electron chi connectivity index (χ2n) is 7.74. The summed E-state index contributed by atoms with van der Waals surface area (Å²) in [5.74, 6) is 0.615. The molecule has 2 heterocycles. The zero-order valence-electron chi connectivity index (χ0n) is 17.6. The molecule has 150 valence electrons. The SMILES string of the molecule is COc1nc2cc(C(C)(C#N)Cc3sc(-c4ccccc4)nc3C)ccc2cc1C. The van der Waals surface area contributed by atoms with Crippen LogP contribution >= 0.6 is 11.3 Å². The maximum Gasteiger partial charge on any atom is 0.216 e. The fraction of sp³-hybridized carbons (Fsp3) is 0.240. The normalized spacial score (nSPS) is 13.0. The third-order valence-corrected chi connectivity index (χ3v) is 6.67. The molecule has 0 aliphatic rings. The maximum absolute atomic E-state index is 10.1. The molecule has 2 aromatic heterocycles. The van der Waals surface area contributed by atoms with Gasteiger partial charge in [-0.1, -0.05) is 42.5 Å². The highest BCUT2D eigenvalue weighted by Crippen LogP contribution is 2.36. The molecule has 1 unspecified atom stereocenters. The van der Waals surface area contributed by atoms with Crippen LogP contribution in [0.2, 0.25) is 0 Å². The quantitative estimate of drug-likeness (QED) is 0.402. The van der Waals surface area contributed by atoms with Crippen molar-refractivity contribution in [2.24, 2.45) is 0 Å². The van der Waals surface area contributed by atoms with Crippen LogP contribution in [0.25, 0.3) is 21.5 Å². The van der Waals surface area contributed by atoms with Crippen molar-refractivity contribution < 1.29 is 4.74 Å². The van der Waals surface area contributed by atoms with E-state index in [1.165, 1.54) is 0 Å². The monoisotopic (exact) mass is 413 g/mol. The van der Waals surface area contributed by atoms with Crippen LogP contribution in [0.5, 0.6) is 5.88 Å². The zero-order valence-corrected chi connectivity index (χ0v) is 18.4. The van der Waals surface area contributed by atoms with E-state index in [1.54, 1.807) is 18.4 Å². The summed E-state index contributed by atoms with van der Waals surface area (Å²) in [6.45, 7) is 5.99. The molecule has 0 bridgehead atoms. The predicted octanol–water partition coefficient (Wildman–Crippen LogP) is 6.01. The molecule has 0 aliphatic heterocycles. The Hall–Kier alpha value is -3.23.